The van der Waals surface area contributed by atoms with Gasteiger partial charge in [-0.2, -0.15) is 5.10 Å². The first-order chi connectivity index (χ1) is 13.1. The molecule has 3 aromatic rings. The van der Waals surface area contributed by atoms with Crippen LogP contribution in [0.1, 0.15) is 11.4 Å². The van der Waals surface area contributed by atoms with Gasteiger partial charge in [0.15, 0.2) is 5.82 Å². The monoisotopic (exact) mass is 383 g/mol. The lowest BCUT2D eigenvalue weighted by molar-refractivity contribution is -0.132. The van der Waals surface area contributed by atoms with E-state index in [0.717, 1.165) is 27.2 Å². The lowest BCUT2D eigenvalue weighted by Gasteiger charge is -2.26. The van der Waals surface area contributed by atoms with Crippen molar-refractivity contribution in [2.75, 3.05) is 32.1 Å². The fraction of sp³-hybridized carbons (Fsp3) is 0.368. The number of hydrogen-bond donors (Lipinski definition) is 0. The predicted molar refractivity (Wildman–Crippen MR) is 104 cm³/mol. The molecule has 1 aromatic carbocycles. The molecular formula is C19H21N5O2S. The largest absolute Gasteiger partial charge is 0.378 e. The minimum atomic E-state index is 0.108. The van der Waals surface area contributed by atoms with Gasteiger partial charge in [-0.25, -0.2) is 4.68 Å². The van der Waals surface area contributed by atoms with E-state index in [1.165, 1.54) is 11.8 Å². The van der Waals surface area contributed by atoms with Crippen molar-refractivity contribution in [2.24, 2.45) is 0 Å². The van der Waals surface area contributed by atoms with Crippen molar-refractivity contribution in [3.05, 3.63) is 41.7 Å². The van der Waals surface area contributed by atoms with Crippen LogP contribution < -0.4 is 0 Å². The quantitative estimate of drug-likeness (QED) is 0.644. The van der Waals surface area contributed by atoms with Crippen LogP contribution in [0.2, 0.25) is 0 Å². The average molecular weight is 383 g/mol. The number of thioether (sulfide) groups is 1. The summed E-state index contributed by atoms with van der Waals surface area (Å²) in [5, 5.41) is 16.1. The Hall–Kier alpha value is -2.45. The van der Waals surface area contributed by atoms with Gasteiger partial charge < -0.3 is 9.64 Å². The first-order valence-electron chi connectivity index (χ1n) is 8.91. The van der Waals surface area contributed by atoms with E-state index in [9.17, 15) is 4.79 Å². The molecule has 3 heterocycles. The van der Waals surface area contributed by atoms with Crippen molar-refractivity contribution in [1.82, 2.24) is 24.9 Å². The van der Waals surface area contributed by atoms with E-state index in [0.29, 0.717) is 37.9 Å². The third-order valence-corrected chi connectivity index (χ3v) is 5.51. The molecule has 4 rings (SSSR count). The van der Waals surface area contributed by atoms with Gasteiger partial charge in [0.2, 0.25) is 5.91 Å². The van der Waals surface area contributed by atoms with Crippen LogP contribution in [-0.2, 0) is 9.53 Å². The minimum absolute atomic E-state index is 0.108. The highest BCUT2D eigenvalue weighted by atomic mass is 32.2. The average Bonchev–Trinajstić information content (AvgIpc) is 3.04. The number of nitrogens with zero attached hydrogens (tertiary/aromatic N) is 5. The van der Waals surface area contributed by atoms with E-state index in [-0.39, 0.29) is 5.91 Å². The Morgan fingerprint density at radius 3 is 2.59 bits per heavy atom. The third-order valence-electron chi connectivity index (χ3n) is 4.54. The van der Waals surface area contributed by atoms with Crippen LogP contribution in [0, 0.1) is 13.8 Å². The summed E-state index contributed by atoms with van der Waals surface area (Å²) >= 11 is 1.43. The molecule has 2 aromatic heterocycles. The van der Waals surface area contributed by atoms with Gasteiger partial charge in [0, 0.05) is 29.6 Å². The molecule has 8 heteroatoms. The molecule has 27 heavy (non-hydrogen) atoms. The van der Waals surface area contributed by atoms with Crippen molar-refractivity contribution >= 4 is 28.4 Å². The van der Waals surface area contributed by atoms with Crippen molar-refractivity contribution in [2.45, 2.75) is 18.9 Å². The second-order valence-electron chi connectivity index (χ2n) is 6.50. The summed E-state index contributed by atoms with van der Waals surface area (Å²) in [6.07, 6.45) is 0. The fourth-order valence-corrected chi connectivity index (χ4v) is 4.08. The molecule has 0 saturated carbocycles. The van der Waals surface area contributed by atoms with Gasteiger partial charge in [-0.3, -0.25) is 4.79 Å². The summed E-state index contributed by atoms with van der Waals surface area (Å²) in [4.78, 5) is 14.3. The number of amides is 1. The summed E-state index contributed by atoms with van der Waals surface area (Å²) in [7, 11) is 0. The second kappa shape index (κ2) is 7.66. The van der Waals surface area contributed by atoms with Crippen molar-refractivity contribution in [3.63, 3.8) is 0 Å². The maximum atomic E-state index is 12.4. The van der Waals surface area contributed by atoms with Crippen LogP contribution in [0.5, 0.6) is 0 Å². The van der Waals surface area contributed by atoms with E-state index < -0.39 is 0 Å². The number of morpholine rings is 1. The summed E-state index contributed by atoms with van der Waals surface area (Å²) in [5.74, 6) is 1.16. The topological polar surface area (TPSA) is 73.1 Å². The molecule has 0 unspecified atom stereocenters. The lowest BCUT2D eigenvalue weighted by atomic mass is 10.2. The molecular weight excluding hydrogens is 362 g/mol. The Morgan fingerprint density at radius 2 is 1.89 bits per heavy atom. The zero-order valence-corrected chi connectivity index (χ0v) is 16.2. The predicted octanol–water partition coefficient (Wildman–Crippen LogP) is 2.38. The van der Waals surface area contributed by atoms with E-state index in [1.807, 2.05) is 53.8 Å². The number of rotatable bonds is 4. The molecule has 0 spiro atoms. The fourth-order valence-electron chi connectivity index (χ4n) is 3.21. The highest BCUT2D eigenvalue weighted by molar-refractivity contribution is 8.00. The van der Waals surface area contributed by atoms with E-state index in [1.54, 1.807) is 0 Å². The zero-order valence-electron chi connectivity index (χ0n) is 15.4. The molecule has 7 nitrogen and oxygen atoms in total. The van der Waals surface area contributed by atoms with Crippen LogP contribution in [0.3, 0.4) is 0 Å². The van der Waals surface area contributed by atoms with Crippen molar-refractivity contribution < 1.29 is 9.53 Å². The molecule has 140 valence electrons. The lowest BCUT2D eigenvalue weighted by Crippen LogP contribution is -2.41. The standard InChI is InChI=1S/C19H21N5O2S/c1-13-11-14(2)24(22-13)18-15-5-3-4-6-16(15)19(21-20-18)27-12-17(25)23-7-9-26-10-8-23/h3-6,11H,7-10,12H2,1-2H3. The van der Waals surface area contributed by atoms with E-state index in [4.69, 9.17) is 4.74 Å². The molecule has 1 amide bonds. The zero-order chi connectivity index (χ0) is 18.8. The molecule has 0 atom stereocenters. The van der Waals surface area contributed by atoms with Crippen molar-refractivity contribution in [3.8, 4) is 5.82 Å². The van der Waals surface area contributed by atoms with Crippen LogP contribution >= 0.6 is 11.8 Å². The van der Waals surface area contributed by atoms with Gasteiger partial charge in [0.1, 0.15) is 5.03 Å². The Bertz CT molecular complexity index is 981. The number of benzene rings is 1. The highest BCUT2D eigenvalue weighted by Gasteiger charge is 2.19. The van der Waals surface area contributed by atoms with Gasteiger partial charge in [-0.15, -0.1) is 10.2 Å². The molecule has 0 radical (unpaired) electrons. The van der Waals surface area contributed by atoms with Gasteiger partial charge in [-0.05, 0) is 19.9 Å². The normalized spacial score (nSPS) is 14.7. The molecule has 0 aliphatic carbocycles. The number of ether oxygens (including phenoxy) is 1. The number of carbonyl (C=O) groups excluding carboxylic acids is 1. The van der Waals surface area contributed by atoms with Gasteiger partial charge in [0.05, 0.1) is 24.7 Å². The van der Waals surface area contributed by atoms with Gasteiger partial charge in [0.25, 0.3) is 0 Å². The third kappa shape index (κ3) is 3.68. The Balaban J connectivity index is 1.62. The summed E-state index contributed by atoms with van der Waals surface area (Å²) in [5.41, 5.74) is 1.95. The number of aryl methyl sites for hydroxylation is 2. The molecule has 0 N–H and O–H groups in total. The number of hydrogen-bond acceptors (Lipinski definition) is 6. The highest BCUT2D eigenvalue weighted by Crippen LogP contribution is 2.29. The molecule has 1 aliphatic rings. The summed E-state index contributed by atoms with van der Waals surface area (Å²) in [6, 6.07) is 10.00. The van der Waals surface area contributed by atoms with E-state index >= 15 is 0 Å². The first kappa shape index (κ1) is 17.9. The SMILES string of the molecule is Cc1cc(C)n(-c2nnc(SCC(=O)N3CCOCC3)c3ccccc23)n1. The first-order valence-corrected chi connectivity index (χ1v) is 9.89. The molecule has 1 saturated heterocycles. The Kier molecular flexibility index (Phi) is 5.09. The van der Waals surface area contributed by atoms with E-state index in [2.05, 4.69) is 15.3 Å². The van der Waals surface area contributed by atoms with Gasteiger partial charge >= 0.3 is 0 Å². The molecule has 1 aliphatic heterocycles. The minimum Gasteiger partial charge on any atom is -0.378 e. The van der Waals surface area contributed by atoms with Gasteiger partial charge in [-0.1, -0.05) is 36.0 Å². The Labute approximate surface area is 161 Å². The van der Waals surface area contributed by atoms with Crippen LogP contribution in [-0.4, -0.2) is 62.8 Å². The molecule has 1 fully saturated rings. The van der Waals surface area contributed by atoms with Crippen LogP contribution in [0.4, 0.5) is 0 Å². The summed E-state index contributed by atoms with van der Waals surface area (Å²) in [6.45, 7) is 6.49. The maximum Gasteiger partial charge on any atom is 0.233 e. The smallest absolute Gasteiger partial charge is 0.233 e. The van der Waals surface area contributed by atoms with Crippen molar-refractivity contribution in [1.29, 1.82) is 0 Å². The number of carbonyl (C=O) groups is 1. The maximum absolute atomic E-state index is 12.4. The Morgan fingerprint density at radius 1 is 1.15 bits per heavy atom. The number of aromatic nitrogens is 4. The van der Waals surface area contributed by atoms with Crippen LogP contribution in [0.25, 0.3) is 16.6 Å². The second-order valence-corrected chi connectivity index (χ2v) is 7.46. The molecule has 0 bridgehead atoms. The number of fused-ring (bicyclic) bond motifs is 1. The van der Waals surface area contributed by atoms with Crippen LogP contribution in [0.15, 0.2) is 35.4 Å². The summed E-state index contributed by atoms with van der Waals surface area (Å²) < 4.78 is 7.12.